The molecule has 1 fully saturated rings. The van der Waals surface area contributed by atoms with Crippen LogP contribution in [0.4, 0.5) is 10.2 Å². The van der Waals surface area contributed by atoms with Crippen LogP contribution >= 0.6 is 0 Å². The first kappa shape index (κ1) is 15.0. The summed E-state index contributed by atoms with van der Waals surface area (Å²) in [6.45, 7) is 1.76. The molecular weight excluding hydrogens is 291 g/mol. The Morgan fingerprint density at radius 3 is 2.48 bits per heavy atom. The van der Waals surface area contributed by atoms with E-state index in [-0.39, 0.29) is 5.56 Å². The maximum Gasteiger partial charge on any atom is 0.147 e. The number of pyridine rings is 1. The quantitative estimate of drug-likeness (QED) is 0.850. The zero-order valence-electron chi connectivity index (χ0n) is 12.6. The van der Waals surface area contributed by atoms with Gasteiger partial charge in [0.15, 0.2) is 0 Å². The lowest BCUT2D eigenvalue weighted by Crippen LogP contribution is -2.30. The van der Waals surface area contributed by atoms with E-state index in [9.17, 15) is 9.65 Å². The minimum Gasteiger partial charge on any atom is -0.356 e. The van der Waals surface area contributed by atoms with Crippen LogP contribution in [0.15, 0.2) is 30.5 Å². The van der Waals surface area contributed by atoms with Crippen molar-refractivity contribution in [3.05, 3.63) is 47.4 Å². The molecule has 0 atom stereocenters. The van der Waals surface area contributed by atoms with E-state index in [1.165, 1.54) is 18.6 Å². The summed E-state index contributed by atoms with van der Waals surface area (Å²) in [6.07, 6.45) is 5.01. The highest BCUT2D eigenvalue weighted by Crippen LogP contribution is 2.31. The number of hydrogen-bond donors (Lipinski definition) is 0. The van der Waals surface area contributed by atoms with E-state index in [1.54, 1.807) is 24.4 Å². The van der Waals surface area contributed by atoms with E-state index in [0.29, 0.717) is 22.5 Å². The molecule has 1 saturated heterocycles. The molecule has 0 saturated carbocycles. The molecule has 23 heavy (non-hydrogen) atoms. The molecule has 0 amide bonds. The molecular formula is C18H15FN4. The van der Waals surface area contributed by atoms with Crippen LogP contribution < -0.4 is 4.90 Å². The molecule has 1 aromatic carbocycles. The number of rotatable bonds is 2. The van der Waals surface area contributed by atoms with E-state index < -0.39 is 5.82 Å². The van der Waals surface area contributed by atoms with Crippen molar-refractivity contribution in [2.75, 3.05) is 18.0 Å². The molecule has 4 nitrogen and oxygen atoms in total. The van der Waals surface area contributed by atoms with Crippen molar-refractivity contribution < 1.29 is 4.39 Å². The number of piperidine rings is 1. The van der Waals surface area contributed by atoms with Gasteiger partial charge in [0.1, 0.15) is 29.3 Å². The fourth-order valence-electron chi connectivity index (χ4n) is 2.92. The predicted molar refractivity (Wildman–Crippen MR) is 85.1 cm³/mol. The Bertz CT molecular complexity index is 811. The number of nitriles is 2. The SMILES string of the molecule is N#Cc1ccc(-c2ccnc(N3CCCCC3)c2C#N)cc1F. The third-order valence-electron chi connectivity index (χ3n) is 4.10. The Balaban J connectivity index is 2.08. The van der Waals surface area contributed by atoms with E-state index in [1.807, 2.05) is 0 Å². The molecule has 1 aliphatic heterocycles. The van der Waals surface area contributed by atoms with Gasteiger partial charge in [-0.2, -0.15) is 10.5 Å². The van der Waals surface area contributed by atoms with Crippen LogP contribution in [-0.2, 0) is 0 Å². The van der Waals surface area contributed by atoms with Crippen LogP contribution in [0.3, 0.4) is 0 Å². The first-order valence-electron chi connectivity index (χ1n) is 7.58. The van der Waals surface area contributed by atoms with Crippen LogP contribution in [0.25, 0.3) is 11.1 Å². The summed E-state index contributed by atoms with van der Waals surface area (Å²) >= 11 is 0. The lowest BCUT2D eigenvalue weighted by atomic mass is 9.99. The van der Waals surface area contributed by atoms with Crippen LogP contribution in [0.2, 0.25) is 0 Å². The Kier molecular flexibility index (Phi) is 4.21. The van der Waals surface area contributed by atoms with Crippen molar-refractivity contribution in [2.45, 2.75) is 19.3 Å². The molecule has 114 valence electrons. The zero-order valence-corrected chi connectivity index (χ0v) is 12.6. The van der Waals surface area contributed by atoms with Crippen molar-refractivity contribution in [1.29, 1.82) is 10.5 Å². The predicted octanol–water partition coefficient (Wildman–Crippen LogP) is 3.62. The molecule has 0 aliphatic carbocycles. The number of aromatic nitrogens is 1. The van der Waals surface area contributed by atoms with Crippen molar-refractivity contribution in [2.24, 2.45) is 0 Å². The molecule has 0 radical (unpaired) electrons. The van der Waals surface area contributed by atoms with Gasteiger partial charge in [-0.3, -0.25) is 0 Å². The molecule has 3 rings (SSSR count). The number of benzene rings is 1. The molecule has 1 aromatic heterocycles. The van der Waals surface area contributed by atoms with Gasteiger partial charge < -0.3 is 4.90 Å². The third-order valence-corrected chi connectivity index (χ3v) is 4.10. The molecule has 1 aliphatic rings. The monoisotopic (exact) mass is 306 g/mol. The van der Waals surface area contributed by atoms with Crippen molar-refractivity contribution in [1.82, 2.24) is 4.98 Å². The summed E-state index contributed by atoms with van der Waals surface area (Å²) in [5, 5.41) is 18.4. The second-order valence-electron chi connectivity index (χ2n) is 5.52. The maximum atomic E-state index is 13.9. The highest BCUT2D eigenvalue weighted by atomic mass is 19.1. The number of anilines is 1. The van der Waals surface area contributed by atoms with Crippen molar-refractivity contribution >= 4 is 5.82 Å². The molecule has 0 bridgehead atoms. The number of halogens is 1. The summed E-state index contributed by atoms with van der Waals surface area (Å²) in [5.74, 6) is 0.0830. The normalized spacial score (nSPS) is 14.1. The second-order valence-corrected chi connectivity index (χ2v) is 5.52. The van der Waals surface area contributed by atoms with Gasteiger partial charge in [-0.15, -0.1) is 0 Å². The molecule has 5 heteroatoms. The van der Waals surface area contributed by atoms with Gasteiger partial charge in [-0.1, -0.05) is 6.07 Å². The molecule has 0 spiro atoms. The smallest absolute Gasteiger partial charge is 0.147 e. The van der Waals surface area contributed by atoms with E-state index in [0.717, 1.165) is 25.9 Å². The Hall–Kier alpha value is -2.92. The number of hydrogen-bond acceptors (Lipinski definition) is 4. The van der Waals surface area contributed by atoms with Crippen LogP contribution in [0.5, 0.6) is 0 Å². The van der Waals surface area contributed by atoms with E-state index in [4.69, 9.17) is 5.26 Å². The molecule has 0 unspecified atom stereocenters. The molecule has 2 heterocycles. The second kappa shape index (κ2) is 6.46. The van der Waals surface area contributed by atoms with Gasteiger partial charge in [0.05, 0.1) is 5.56 Å². The van der Waals surface area contributed by atoms with Gasteiger partial charge in [0.2, 0.25) is 0 Å². The lowest BCUT2D eigenvalue weighted by molar-refractivity contribution is 0.573. The summed E-state index contributed by atoms with van der Waals surface area (Å²) in [6, 6.07) is 10.1. The van der Waals surface area contributed by atoms with Gasteiger partial charge in [-0.05, 0) is 43.0 Å². The summed E-state index contributed by atoms with van der Waals surface area (Å²) in [5.41, 5.74) is 1.68. The Morgan fingerprint density at radius 1 is 1.04 bits per heavy atom. The average molecular weight is 306 g/mol. The standard InChI is InChI=1S/C18H15FN4/c19-17-10-13(4-5-14(17)11-20)15-6-7-22-18(16(15)12-21)23-8-2-1-3-9-23/h4-7,10H,1-3,8-9H2. The maximum absolute atomic E-state index is 13.9. The van der Waals surface area contributed by atoms with Gasteiger partial charge >= 0.3 is 0 Å². The van der Waals surface area contributed by atoms with Gasteiger partial charge in [0.25, 0.3) is 0 Å². The Morgan fingerprint density at radius 2 is 1.83 bits per heavy atom. The lowest BCUT2D eigenvalue weighted by Gasteiger charge is -2.28. The van der Waals surface area contributed by atoms with Crippen LogP contribution in [-0.4, -0.2) is 18.1 Å². The summed E-state index contributed by atoms with van der Waals surface area (Å²) < 4.78 is 13.9. The van der Waals surface area contributed by atoms with E-state index >= 15 is 0 Å². The molecule has 0 N–H and O–H groups in total. The fourth-order valence-corrected chi connectivity index (χ4v) is 2.92. The zero-order chi connectivity index (χ0) is 16.2. The van der Waals surface area contributed by atoms with Crippen LogP contribution in [0, 0.1) is 28.5 Å². The number of nitrogens with zero attached hydrogens (tertiary/aromatic N) is 4. The van der Waals surface area contributed by atoms with Gasteiger partial charge in [-0.25, -0.2) is 9.37 Å². The average Bonchev–Trinajstić information content (AvgIpc) is 2.61. The summed E-state index contributed by atoms with van der Waals surface area (Å²) in [7, 11) is 0. The topological polar surface area (TPSA) is 63.7 Å². The van der Waals surface area contributed by atoms with Gasteiger partial charge in [0, 0.05) is 24.8 Å². The third kappa shape index (κ3) is 2.86. The summed E-state index contributed by atoms with van der Waals surface area (Å²) in [4.78, 5) is 6.49. The highest BCUT2D eigenvalue weighted by Gasteiger charge is 2.19. The van der Waals surface area contributed by atoms with Crippen molar-refractivity contribution in [3.8, 4) is 23.3 Å². The van der Waals surface area contributed by atoms with E-state index in [2.05, 4.69) is 16.0 Å². The fraction of sp³-hybridized carbons (Fsp3) is 0.278. The minimum absolute atomic E-state index is 0.00225. The van der Waals surface area contributed by atoms with Crippen molar-refractivity contribution in [3.63, 3.8) is 0 Å². The first-order valence-corrected chi connectivity index (χ1v) is 7.58. The highest BCUT2D eigenvalue weighted by molar-refractivity contribution is 5.76. The largest absolute Gasteiger partial charge is 0.356 e. The minimum atomic E-state index is -0.578. The molecule has 2 aromatic rings. The Labute approximate surface area is 134 Å². The first-order chi connectivity index (χ1) is 11.2. The van der Waals surface area contributed by atoms with Crippen LogP contribution in [0.1, 0.15) is 30.4 Å².